The van der Waals surface area contributed by atoms with Crippen LogP contribution in [0.4, 0.5) is 17.1 Å². The lowest BCUT2D eigenvalue weighted by Gasteiger charge is -2.13. The van der Waals surface area contributed by atoms with Crippen LogP contribution in [-0.4, -0.2) is 29.3 Å². The van der Waals surface area contributed by atoms with Gasteiger partial charge in [-0.25, -0.2) is 16.8 Å². The van der Waals surface area contributed by atoms with Crippen LogP contribution in [-0.2, 0) is 20.0 Å². The number of sulfonamides is 2. The van der Waals surface area contributed by atoms with Crippen molar-refractivity contribution in [1.29, 1.82) is 0 Å². The monoisotopic (exact) mass is 613 g/mol. The first-order chi connectivity index (χ1) is 19.4. The Bertz CT molecular complexity index is 1790. The Morgan fingerprint density at radius 1 is 0.732 bits per heavy atom. The molecular formula is C29H28ClN3O6S2. The Hall–Kier alpha value is -4.06. The lowest BCUT2D eigenvalue weighted by molar-refractivity contribution is 0.102. The molecule has 0 bridgehead atoms. The summed E-state index contributed by atoms with van der Waals surface area (Å²) in [6.07, 6.45) is 0. The number of halogens is 1. The summed E-state index contributed by atoms with van der Waals surface area (Å²) in [4.78, 5) is 12.7. The van der Waals surface area contributed by atoms with Gasteiger partial charge in [0.15, 0.2) is 0 Å². The van der Waals surface area contributed by atoms with Crippen LogP contribution in [0.1, 0.15) is 28.4 Å². The second kappa shape index (κ2) is 12.2. The number of amides is 1. The molecule has 1 amide bonds. The number of carbonyl (C=O) groups excluding carboxylic acids is 1. The van der Waals surface area contributed by atoms with Crippen LogP contribution >= 0.6 is 11.6 Å². The van der Waals surface area contributed by atoms with E-state index in [0.29, 0.717) is 29.4 Å². The Balaban J connectivity index is 1.47. The summed E-state index contributed by atoms with van der Waals surface area (Å²) < 4.78 is 62.1. The lowest BCUT2D eigenvalue weighted by atomic mass is 10.1. The van der Waals surface area contributed by atoms with Crippen molar-refractivity contribution in [3.8, 4) is 5.75 Å². The van der Waals surface area contributed by atoms with Gasteiger partial charge in [0, 0.05) is 22.6 Å². The molecule has 9 nitrogen and oxygen atoms in total. The number of hydrogen-bond donors (Lipinski definition) is 3. The zero-order valence-corrected chi connectivity index (χ0v) is 24.8. The third-order valence-electron chi connectivity index (χ3n) is 6.08. The minimum Gasteiger partial charge on any atom is -0.494 e. The van der Waals surface area contributed by atoms with Gasteiger partial charge in [0.1, 0.15) is 10.6 Å². The molecule has 4 aromatic rings. The van der Waals surface area contributed by atoms with Crippen molar-refractivity contribution in [3.63, 3.8) is 0 Å². The smallest absolute Gasteiger partial charge is 0.263 e. The maximum absolute atomic E-state index is 13.1. The number of carbonyl (C=O) groups is 1. The molecule has 4 aromatic carbocycles. The number of hydrogen-bond acceptors (Lipinski definition) is 6. The Morgan fingerprint density at radius 2 is 1.34 bits per heavy atom. The summed E-state index contributed by atoms with van der Waals surface area (Å²) >= 11 is 6.19. The number of nitrogens with one attached hydrogen (secondary N) is 3. The van der Waals surface area contributed by atoms with Crippen LogP contribution in [0, 0.1) is 13.8 Å². The fourth-order valence-electron chi connectivity index (χ4n) is 3.79. The third-order valence-corrected chi connectivity index (χ3v) is 9.34. The molecule has 12 heteroatoms. The zero-order chi connectivity index (χ0) is 29.8. The van der Waals surface area contributed by atoms with E-state index in [1.54, 1.807) is 42.5 Å². The van der Waals surface area contributed by atoms with E-state index in [1.807, 2.05) is 20.8 Å². The fourth-order valence-corrected chi connectivity index (χ4v) is 6.42. The van der Waals surface area contributed by atoms with E-state index < -0.39 is 26.0 Å². The topological polar surface area (TPSA) is 131 Å². The highest BCUT2D eigenvalue weighted by Gasteiger charge is 2.21. The van der Waals surface area contributed by atoms with Crippen molar-refractivity contribution < 1.29 is 26.4 Å². The number of benzene rings is 4. The molecule has 214 valence electrons. The summed E-state index contributed by atoms with van der Waals surface area (Å²) in [5, 5.41) is 2.59. The first kappa shape index (κ1) is 29.9. The molecule has 0 spiro atoms. The van der Waals surface area contributed by atoms with Crippen LogP contribution in [0.25, 0.3) is 0 Å². The lowest BCUT2D eigenvalue weighted by Crippen LogP contribution is -2.17. The highest BCUT2D eigenvalue weighted by atomic mass is 35.5. The molecule has 0 saturated heterocycles. The van der Waals surface area contributed by atoms with E-state index in [9.17, 15) is 21.6 Å². The summed E-state index contributed by atoms with van der Waals surface area (Å²) in [6.45, 7) is 6.13. The molecule has 0 atom stereocenters. The van der Waals surface area contributed by atoms with Gasteiger partial charge in [-0.05, 0) is 111 Å². The van der Waals surface area contributed by atoms with Crippen LogP contribution in [0.5, 0.6) is 5.75 Å². The van der Waals surface area contributed by atoms with E-state index >= 15 is 0 Å². The van der Waals surface area contributed by atoms with E-state index in [4.69, 9.17) is 16.3 Å². The van der Waals surface area contributed by atoms with Gasteiger partial charge in [0.25, 0.3) is 26.0 Å². The molecule has 0 fully saturated rings. The molecule has 4 rings (SSSR count). The predicted octanol–water partition coefficient (Wildman–Crippen LogP) is 6.21. The molecule has 41 heavy (non-hydrogen) atoms. The second-order valence-electron chi connectivity index (χ2n) is 9.09. The number of rotatable bonds is 10. The average molecular weight is 614 g/mol. The molecule has 0 aromatic heterocycles. The Kier molecular flexibility index (Phi) is 8.91. The van der Waals surface area contributed by atoms with Gasteiger partial charge >= 0.3 is 0 Å². The number of ether oxygens (including phenoxy) is 1. The molecule has 0 aliphatic carbocycles. The van der Waals surface area contributed by atoms with Crippen molar-refractivity contribution >= 4 is 54.6 Å². The van der Waals surface area contributed by atoms with E-state index in [-0.39, 0.29) is 20.4 Å². The van der Waals surface area contributed by atoms with E-state index in [2.05, 4.69) is 14.8 Å². The normalized spacial score (nSPS) is 11.5. The molecule has 0 aliphatic rings. The third kappa shape index (κ3) is 7.37. The van der Waals surface area contributed by atoms with Gasteiger partial charge in [0.05, 0.1) is 16.5 Å². The minimum atomic E-state index is -4.10. The van der Waals surface area contributed by atoms with Crippen LogP contribution < -0.4 is 19.5 Å². The van der Waals surface area contributed by atoms with Crippen molar-refractivity contribution in [1.82, 2.24) is 0 Å². The number of aryl methyl sites for hydroxylation is 2. The summed E-state index contributed by atoms with van der Waals surface area (Å²) in [7, 11) is -7.98. The molecule has 0 aliphatic heterocycles. The van der Waals surface area contributed by atoms with E-state index in [1.165, 1.54) is 42.5 Å². The Labute approximate surface area is 244 Å². The minimum absolute atomic E-state index is 0.0123. The first-order valence-corrected chi connectivity index (χ1v) is 15.8. The highest BCUT2D eigenvalue weighted by molar-refractivity contribution is 7.93. The summed E-state index contributed by atoms with van der Waals surface area (Å²) in [5.74, 6) is 0.0194. The largest absolute Gasteiger partial charge is 0.494 e. The fraction of sp³-hybridized carbons (Fsp3) is 0.138. The van der Waals surface area contributed by atoms with Gasteiger partial charge in [0.2, 0.25) is 0 Å². The first-order valence-electron chi connectivity index (χ1n) is 12.4. The van der Waals surface area contributed by atoms with Gasteiger partial charge in [-0.15, -0.1) is 0 Å². The predicted molar refractivity (Wildman–Crippen MR) is 161 cm³/mol. The van der Waals surface area contributed by atoms with Gasteiger partial charge < -0.3 is 10.1 Å². The van der Waals surface area contributed by atoms with Crippen molar-refractivity contribution in [3.05, 3.63) is 107 Å². The van der Waals surface area contributed by atoms with Crippen LogP contribution in [0.3, 0.4) is 0 Å². The van der Waals surface area contributed by atoms with Crippen LogP contribution in [0.15, 0.2) is 94.7 Å². The zero-order valence-electron chi connectivity index (χ0n) is 22.4. The van der Waals surface area contributed by atoms with Crippen molar-refractivity contribution in [2.75, 3.05) is 21.4 Å². The van der Waals surface area contributed by atoms with Crippen LogP contribution in [0.2, 0.25) is 5.02 Å². The molecule has 0 heterocycles. The van der Waals surface area contributed by atoms with E-state index in [0.717, 1.165) is 11.1 Å². The standard InChI is InChI=1S/C29H28ClN3O6S2/c1-4-39-25-12-8-23(9-13-25)32-40(35,36)26-14-10-22(11-15-26)31-29(34)21-6-16-27(30)28(18-21)41(37,38)33-24-7-5-19(2)20(3)17-24/h5-18,32-33H,4H2,1-3H3,(H,31,34). The van der Waals surface area contributed by atoms with Gasteiger partial charge in [-0.3, -0.25) is 14.2 Å². The average Bonchev–Trinajstić information content (AvgIpc) is 2.92. The van der Waals surface area contributed by atoms with Gasteiger partial charge in [-0.1, -0.05) is 17.7 Å². The molecule has 3 N–H and O–H groups in total. The molecule has 0 radical (unpaired) electrons. The molecular weight excluding hydrogens is 586 g/mol. The summed E-state index contributed by atoms with van der Waals surface area (Å²) in [6, 6.07) is 21.1. The summed E-state index contributed by atoms with van der Waals surface area (Å²) in [5.41, 5.74) is 3.01. The quantitative estimate of drug-likeness (QED) is 0.195. The SMILES string of the molecule is CCOc1ccc(NS(=O)(=O)c2ccc(NC(=O)c3ccc(Cl)c(S(=O)(=O)Nc4ccc(C)c(C)c4)c3)cc2)cc1. The van der Waals surface area contributed by atoms with Crippen molar-refractivity contribution in [2.24, 2.45) is 0 Å². The molecule has 0 saturated carbocycles. The van der Waals surface area contributed by atoms with Crippen molar-refractivity contribution in [2.45, 2.75) is 30.6 Å². The maximum atomic E-state index is 13.1. The second-order valence-corrected chi connectivity index (χ2v) is 12.8. The Morgan fingerprint density at radius 3 is 1.98 bits per heavy atom. The number of anilines is 3. The molecule has 0 unspecified atom stereocenters. The van der Waals surface area contributed by atoms with Gasteiger partial charge in [-0.2, -0.15) is 0 Å². The maximum Gasteiger partial charge on any atom is 0.263 e. The highest BCUT2D eigenvalue weighted by Crippen LogP contribution is 2.27.